The molecule has 2 aliphatic rings. The molecule has 9 nitrogen and oxygen atoms in total. The van der Waals surface area contributed by atoms with Crippen LogP contribution in [0.15, 0.2) is 42.7 Å². The molecule has 1 aromatic carbocycles. The molecule has 0 bridgehead atoms. The molecule has 27 heavy (non-hydrogen) atoms. The number of sulfone groups is 1. The first-order valence-electron chi connectivity index (χ1n) is 8.46. The number of fused-ring (bicyclic) bond motifs is 1. The topological polar surface area (TPSA) is 116 Å². The van der Waals surface area contributed by atoms with E-state index in [0.29, 0.717) is 6.54 Å². The quantitative estimate of drug-likeness (QED) is 0.434. The largest absolute Gasteiger partial charge is 0.548 e. The summed E-state index contributed by atoms with van der Waals surface area (Å²) >= 11 is 0. The van der Waals surface area contributed by atoms with E-state index < -0.39 is 37.9 Å². The molecule has 4 rings (SSSR count). The fraction of sp³-hybridized carbons (Fsp3) is 0.412. The Balaban J connectivity index is 1.63. The van der Waals surface area contributed by atoms with Crippen LogP contribution >= 0.6 is 0 Å². The van der Waals surface area contributed by atoms with Gasteiger partial charge in [0.25, 0.3) is 0 Å². The molecule has 1 unspecified atom stereocenters. The molecule has 2 fully saturated rings. The maximum atomic E-state index is 12.9. The fourth-order valence-electron chi connectivity index (χ4n) is 3.89. The summed E-state index contributed by atoms with van der Waals surface area (Å²) < 4.78 is 27.1. The lowest BCUT2D eigenvalue weighted by Crippen LogP contribution is -2.61. The Morgan fingerprint density at radius 1 is 1.37 bits per heavy atom. The molecule has 0 N–H and O–H groups in total. The Morgan fingerprint density at radius 3 is 2.70 bits per heavy atom. The lowest BCUT2D eigenvalue weighted by Gasteiger charge is -2.38. The predicted octanol–water partition coefficient (Wildman–Crippen LogP) is -1.92. The summed E-state index contributed by atoms with van der Waals surface area (Å²) in [4.78, 5) is 24.4. The van der Waals surface area contributed by atoms with Gasteiger partial charge in [-0.2, -0.15) is 0 Å². The van der Waals surface area contributed by atoms with Crippen molar-refractivity contribution in [1.29, 1.82) is 0 Å². The van der Waals surface area contributed by atoms with Gasteiger partial charge in [0, 0.05) is 0 Å². The van der Waals surface area contributed by atoms with Gasteiger partial charge >= 0.3 is 0 Å². The zero-order valence-electron chi connectivity index (χ0n) is 14.6. The van der Waals surface area contributed by atoms with Crippen LogP contribution in [0, 0.1) is 0 Å². The first-order valence-corrected chi connectivity index (χ1v) is 10.0. The minimum Gasteiger partial charge on any atom is -0.548 e. The van der Waals surface area contributed by atoms with Crippen molar-refractivity contribution in [3.05, 3.63) is 48.3 Å². The molecular weight excluding hydrogens is 372 g/mol. The zero-order valence-corrected chi connectivity index (χ0v) is 15.4. The van der Waals surface area contributed by atoms with Gasteiger partial charge in [-0.15, -0.1) is 9.36 Å². The first-order chi connectivity index (χ1) is 12.7. The van der Waals surface area contributed by atoms with Crippen molar-refractivity contribution in [2.75, 3.05) is 0 Å². The van der Waals surface area contributed by atoms with E-state index in [9.17, 15) is 23.1 Å². The molecule has 0 aliphatic carbocycles. The summed E-state index contributed by atoms with van der Waals surface area (Å²) in [5.74, 6) is -2.05. The number of benzene rings is 1. The number of β-lactam (4-membered cyclic amide) rings is 1. The van der Waals surface area contributed by atoms with Crippen molar-refractivity contribution in [3.8, 4) is 0 Å². The van der Waals surface area contributed by atoms with Crippen molar-refractivity contribution < 1.29 is 27.8 Å². The maximum absolute atomic E-state index is 12.9. The summed E-state index contributed by atoms with van der Waals surface area (Å²) in [6, 6.07) is 8.08. The molecule has 2 saturated heterocycles. The van der Waals surface area contributed by atoms with Gasteiger partial charge in [0.15, 0.2) is 22.2 Å². The number of aliphatic carboxylic acids is 1. The monoisotopic (exact) mass is 390 g/mol. The van der Waals surface area contributed by atoms with Crippen LogP contribution in [0.2, 0.25) is 0 Å². The highest BCUT2D eigenvalue weighted by Gasteiger charge is 2.68. The van der Waals surface area contributed by atoms with E-state index >= 15 is 0 Å². The minimum atomic E-state index is -3.89. The smallest absolute Gasteiger partial charge is 0.227 e. The highest BCUT2D eigenvalue weighted by atomic mass is 32.2. The molecule has 0 spiro atoms. The third kappa shape index (κ3) is 2.54. The predicted molar refractivity (Wildman–Crippen MR) is 89.3 cm³/mol. The number of rotatable bonds is 5. The number of aromatic nitrogens is 3. The Morgan fingerprint density at radius 2 is 2.07 bits per heavy atom. The summed E-state index contributed by atoms with van der Waals surface area (Å²) in [5.41, 5.74) is 1.02. The Bertz CT molecular complexity index is 1020. The van der Waals surface area contributed by atoms with Crippen molar-refractivity contribution >= 4 is 21.7 Å². The minimum absolute atomic E-state index is 0.184. The second kappa shape index (κ2) is 5.88. The van der Waals surface area contributed by atoms with Gasteiger partial charge in [0.05, 0.1) is 23.6 Å². The summed E-state index contributed by atoms with van der Waals surface area (Å²) in [7, 11) is -3.89. The van der Waals surface area contributed by atoms with Gasteiger partial charge < -0.3 is 14.8 Å². The van der Waals surface area contributed by atoms with Crippen LogP contribution < -0.4 is 9.79 Å². The number of carbonyl (C=O) groups is 2. The SMILES string of the molecule is C[C@]1(Cn2cc[n+](Cc3ccccc3)n2)[C@H](C(=O)[O-])N2C(=O)CC2S1(=O)=O. The number of carbonyl (C=O) groups excluding carboxylic acids is 2. The number of hydrogen-bond acceptors (Lipinski definition) is 6. The molecule has 0 radical (unpaired) electrons. The van der Waals surface area contributed by atoms with Crippen LogP contribution in [0.25, 0.3) is 0 Å². The van der Waals surface area contributed by atoms with Crippen LogP contribution in [-0.4, -0.2) is 51.3 Å². The number of carboxylic acid groups (broad SMARTS) is 1. The second-order valence-electron chi connectivity index (χ2n) is 7.11. The molecule has 0 saturated carbocycles. The van der Waals surface area contributed by atoms with Crippen LogP contribution in [0.4, 0.5) is 0 Å². The van der Waals surface area contributed by atoms with Gasteiger partial charge in [-0.3, -0.25) is 4.79 Å². The summed E-state index contributed by atoms with van der Waals surface area (Å²) in [5, 5.41) is 14.9. The van der Waals surface area contributed by atoms with Crippen molar-refractivity contribution in [3.63, 3.8) is 0 Å². The fourth-order valence-corrected chi connectivity index (χ4v) is 6.25. The second-order valence-corrected chi connectivity index (χ2v) is 9.67. The highest BCUT2D eigenvalue weighted by Crippen LogP contribution is 2.46. The van der Waals surface area contributed by atoms with Crippen LogP contribution in [-0.2, 0) is 32.5 Å². The van der Waals surface area contributed by atoms with Gasteiger partial charge in [-0.1, -0.05) is 30.3 Å². The molecule has 3 atom stereocenters. The van der Waals surface area contributed by atoms with Crippen LogP contribution in [0.1, 0.15) is 18.9 Å². The first kappa shape index (κ1) is 17.7. The average molecular weight is 390 g/mol. The van der Waals surface area contributed by atoms with Gasteiger partial charge in [-0.05, 0) is 12.5 Å². The Labute approximate surface area is 155 Å². The van der Waals surface area contributed by atoms with E-state index in [-0.39, 0.29) is 13.0 Å². The van der Waals surface area contributed by atoms with Gasteiger partial charge in [0.1, 0.15) is 23.2 Å². The molecule has 10 heteroatoms. The number of carboxylic acids is 1. The molecule has 3 heterocycles. The van der Waals surface area contributed by atoms with E-state index in [4.69, 9.17) is 0 Å². The lowest BCUT2D eigenvalue weighted by molar-refractivity contribution is -0.747. The van der Waals surface area contributed by atoms with Crippen molar-refractivity contribution in [1.82, 2.24) is 14.8 Å². The third-order valence-electron chi connectivity index (χ3n) is 5.34. The van der Waals surface area contributed by atoms with Gasteiger partial charge in [0.2, 0.25) is 5.91 Å². The zero-order chi connectivity index (χ0) is 19.4. The molecule has 2 aromatic rings. The number of hydrogen-bond donors (Lipinski definition) is 0. The molecule has 2 aliphatic heterocycles. The van der Waals surface area contributed by atoms with E-state index in [0.717, 1.165) is 10.5 Å². The van der Waals surface area contributed by atoms with E-state index in [1.54, 1.807) is 17.1 Å². The summed E-state index contributed by atoms with van der Waals surface area (Å²) in [6.07, 6.45) is 3.09. The molecule has 1 amide bonds. The average Bonchev–Trinajstić information content (AvgIpc) is 3.08. The summed E-state index contributed by atoms with van der Waals surface area (Å²) in [6.45, 7) is 1.65. The van der Waals surface area contributed by atoms with E-state index in [2.05, 4.69) is 5.21 Å². The Hall–Kier alpha value is -2.75. The number of amides is 1. The molecule has 142 valence electrons. The maximum Gasteiger partial charge on any atom is 0.227 e. The van der Waals surface area contributed by atoms with E-state index in [1.165, 1.54) is 11.6 Å². The Kier molecular flexibility index (Phi) is 3.84. The van der Waals surface area contributed by atoms with Crippen LogP contribution in [0.3, 0.4) is 0 Å². The lowest BCUT2D eigenvalue weighted by atomic mass is 9.96. The number of nitrogens with zero attached hydrogens (tertiary/aromatic N) is 4. The normalized spacial score (nSPS) is 28.6. The van der Waals surface area contributed by atoms with Gasteiger partial charge in [-0.25, -0.2) is 8.42 Å². The molecule has 1 aromatic heterocycles. The van der Waals surface area contributed by atoms with Crippen molar-refractivity contribution in [2.24, 2.45) is 0 Å². The van der Waals surface area contributed by atoms with Crippen LogP contribution in [0.5, 0.6) is 0 Å². The van der Waals surface area contributed by atoms with Crippen molar-refractivity contribution in [2.45, 2.75) is 42.6 Å². The molecular formula is C17H18N4O5S. The van der Waals surface area contributed by atoms with E-state index in [1.807, 2.05) is 30.3 Å². The third-order valence-corrected chi connectivity index (χ3v) is 8.10. The highest BCUT2D eigenvalue weighted by molar-refractivity contribution is 7.93. The standard InChI is InChI=1S/C17H18N4O5S/c1-17(15(16(23)24)21-13(22)9-14(21)27(17,25)26)11-20-8-7-19(18-20)10-12-5-3-2-4-6-12/h2-8,14-15H,9-11H2,1H3/t14?,15-,17-/m0/s1.